The van der Waals surface area contributed by atoms with Crippen molar-refractivity contribution in [3.8, 4) is 0 Å². The third kappa shape index (κ3) is 1.98. The van der Waals surface area contributed by atoms with Crippen molar-refractivity contribution < 1.29 is 9.53 Å². The van der Waals surface area contributed by atoms with E-state index in [1.807, 2.05) is 0 Å². The predicted octanol–water partition coefficient (Wildman–Crippen LogP) is 5.60. The maximum Gasteiger partial charge on any atom is 0.312 e. The minimum Gasteiger partial charge on any atom is -0.459 e. The van der Waals surface area contributed by atoms with Crippen LogP contribution in [0.25, 0.3) is 0 Å². The molecule has 6 fully saturated rings. The van der Waals surface area contributed by atoms with E-state index in [4.69, 9.17) is 4.74 Å². The van der Waals surface area contributed by atoms with Crippen LogP contribution in [-0.2, 0) is 9.53 Å². The Balaban J connectivity index is 1.52. The summed E-state index contributed by atoms with van der Waals surface area (Å²) in [6, 6.07) is 0. The zero-order valence-electron chi connectivity index (χ0n) is 16.6. The summed E-state index contributed by atoms with van der Waals surface area (Å²) in [7, 11) is 0. The molecule has 0 amide bonds. The Morgan fingerprint density at radius 3 is 2.17 bits per heavy atom. The normalized spacial score (nSPS) is 44.5. The summed E-state index contributed by atoms with van der Waals surface area (Å²) >= 11 is 0. The van der Waals surface area contributed by atoms with Gasteiger partial charge in [-0.25, -0.2) is 0 Å². The molecule has 6 aliphatic carbocycles. The molecule has 3 atom stereocenters. The van der Waals surface area contributed by atoms with Gasteiger partial charge in [0.2, 0.25) is 0 Å². The Morgan fingerprint density at radius 1 is 1.12 bits per heavy atom. The molecule has 6 saturated carbocycles. The highest BCUT2D eigenvalue weighted by Gasteiger charge is 2.77. The molecule has 3 unspecified atom stereocenters. The van der Waals surface area contributed by atoms with Gasteiger partial charge in [0, 0.05) is 5.41 Å². The maximum absolute atomic E-state index is 13.1. The Bertz CT molecular complexity index is 544. The largest absolute Gasteiger partial charge is 0.459 e. The molecule has 6 rings (SSSR count). The van der Waals surface area contributed by atoms with Crippen LogP contribution in [0.1, 0.15) is 86.5 Å². The molecule has 0 aromatic heterocycles. The van der Waals surface area contributed by atoms with Crippen LogP contribution in [-0.4, -0.2) is 11.6 Å². The van der Waals surface area contributed by atoms with E-state index in [-0.39, 0.29) is 22.4 Å². The van der Waals surface area contributed by atoms with E-state index in [1.54, 1.807) is 0 Å². The van der Waals surface area contributed by atoms with E-state index in [9.17, 15) is 4.79 Å². The van der Waals surface area contributed by atoms with Crippen LogP contribution in [0.3, 0.4) is 0 Å². The molecular weight excluding hydrogens is 296 g/mol. The molecule has 6 aliphatic rings. The second kappa shape index (κ2) is 4.80. The first-order valence-corrected chi connectivity index (χ1v) is 10.3. The Labute approximate surface area is 148 Å². The van der Waals surface area contributed by atoms with Gasteiger partial charge in [-0.05, 0) is 94.8 Å². The molecule has 0 N–H and O–H groups in total. The van der Waals surface area contributed by atoms with E-state index >= 15 is 0 Å². The van der Waals surface area contributed by atoms with Gasteiger partial charge in [0.05, 0.1) is 5.41 Å². The van der Waals surface area contributed by atoms with E-state index in [1.165, 1.54) is 32.1 Å². The van der Waals surface area contributed by atoms with Crippen molar-refractivity contribution in [2.24, 2.45) is 39.9 Å². The van der Waals surface area contributed by atoms with Crippen molar-refractivity contribution in [1.82, 2.24) is 0 Å². The highest BCUT2D eigenvalue weighted by Crippen LogP contribution is 2.84. The average Bonchev–Trinajstić information content (AvgIpc) is 2.44. The Hall–Kier alpha value is -0.530. The van der Waals surface area contributed by atoms with Gasteiger partial charge in [-0.3, -0.25) is 4.79 Å². The number of esters is 1. The summed E-state index contributed by atoms with van der Waals surface area (Å²) in [6.07, 6.45) is 8.67. The second-order valence-electron chi connectivity index (χ2n) is 11.1. The van der Waals surface area contributed by atoms with Gasteiger partial charge in [0.25, 0.3) is 0 Å². The summed E-state index contributed by atoms with van der Waals surface area (Å²) in [5, 5.41) is 0. The number of hydrogen-bond donors (Lipinski definition) is 0. The Morgan fingerprint density at radius 2 is 1.71 bits per heavy atom. The highest BCUT2D eigenvalue weighted by molar-refractivity contribution is 5.76. The van der Waals surface area contributed by atoms with Crippen molar-refractivity contribution in [3.05, 3.63) is 0 Å². The first kappa shape index (κ1) is 16.9. The lowest BCUT2D eigenvalue weighted by Gasteiger charge is -2.81. The standard InChI is InChI=1S/C22H36O2/c1-7-20(6,8-14(2)3)18(23)24-19(4,5)22-11-15-9-21(13-22)10-16(12-22)17(15)21/h14-17H,7-13H2,1-6H3. The summed E-state index contributed by atoms with van der Waals surface area (Å²) in [5.41, 5.74) is 0.279. The summed E-state index contributed by atoms with van der Waals surface area (Å²) in [6.45, 7) is 13.1. The number of carbonyl (C=O) groups excluding carboxylic acids is 1. The van der Waals surface area contributed by atoms with Crippen molar-refractivity contribution >= 4 is 5.97 Å². The van der Waals surface area contributed by atoms with Gasteiger partial charge < -0.3 is 4.74 Å². The van der Waals surface area contributed by atoms with Crippen LogP contribution in [0.15, 0.2) is 0 Å². The first-order chi connectivity index (χ1) is 11.1. The molecule has 136 valence electrons. The third-order valence-corrected chi connectivity index (χ3v) is 8.81. The van der Waals surface area contributed by atoms with Crippen LogP contribution in [0.4, 0.5) is 0 Å². The zero-order chi connectivity index (χ0) is 17.5. The van der Waals surface area contributed by atoms with Gasteiger partial charge in [-0.1, -0.05) is 20.8 Å². The van der Waals surface area contributed by atoms with Gasteiger partial charge in [0.15, 0.2) is 0 Å². The lowest BCUT2D eigenvalue weighted by Crippen LogP contribution is -2.75. The predicted molar refractivity (Wildman–Crippen MR) is 96.4 cm³/mol. The van der Waals surface area contributed by atoms with Crippen molar-refractivity contribution in [1.29, 1.82) is 0 Å². The van der Waals surface area contributed by atoms with E-state index in [2.05, 4.69) is 41.5 Å². The molecule has 1 spiro atoms. The number of rotatable bonds is 6. The monoisotopic (exact) mass is 332 g/mol. The van der Waals surface area contributed by atoms with Gasteiger partial charge >= 0.3 is 5.97 Å². The van der Waals surface area contributed by atoms with Crippen molar-refractivity contribution in [2.45, 2.75) is 92.1 Å². The fraction of sp³-hybridized carbons (Fsp3) is 0.955. The minimum atomic E-state index is -0.335. The highest BCUT2D eigenvalue weighted by atomic mass is 16.6. The smallest absolute Gasteiger partial charge is 0.312 e. The molecule has 0 heterocycles. The lowest BCUT2D eigenvalue weighted by atomic mass is 9.23. The van der Waals surface area contributed by atoms with E-state index in [0.717, 1.165) is 30.6 Å². The number of ether oxygens (including phenoxy) is 1. The fourth-order valence-corrected chi connectivity index (χ4v) is 7.72. The lowest BCUT2D eigenvalue weighted by molar-refractivity contribution is -0.339. The van der Waals surface area contributed by atoms with Gasteiger partial charge in [0.1, 0.15) is 5.60 Å². The molecule has 0 aromatic rings. The SMILES string of the molecule is CCC(C)(CC(C)C)C(=O)OC(C)(C)C12CC3CC4(CC(C1)C34)C2. The van der Waals surface area contributed by atoms with E-state index < -0.39 is 0 Å². The molecule has 24 heavy (non-hydrogen) atoms. The topological polar surface area (TPSA) is 26.3 Å². The van der Waals surface area contributed by atoms with Crippen LogP contribution < -0.4 is 0 Å². The molecule has 5 bridgehead atoms. The average molecular weight is 333 g/mol. The van der Waals surface area contributed by atoms with Crippen LogP contribution in [0.2, 0.25) is 0 Å². The molecule has 0 aliphatic heterocycles. The summed E-state index contributed by atoms with van der Waals surface area (Å²) in [5.74, 6) is 3.50. The molecule has 0 radical (unpaired) electrons. The third-order valence-electron chi connectivity index (χ3n) is 8.81. The molecular formula is C22H36O2. The maximum atomic E-state index is 13.1. The van der Waals surface area contributed by atoms with Crippen LogP contribution >= 0.6 is 0 Å². The minimum absolute atomic E-state index is 0.0469. The second-order valence-corrected chi connectivity index (χ2v) is 11.1. The fourth-order valence-electron chi connectivity index (χ4n) is 7.72. The van der Waals surface area contributed by atoms with Crippen molar-refractivity contribution in [3.63, 3.8) is 0 Å². The quantitative estimate of drug-likeness (QED) is 0.592. The molecule has 2 nitrogen and oxygen atoms in total. The summed E-state index contributed by atoms with van der Waals surface area (Å²) < 4.78 is 6.35. The van der Waals surface area contributed by atoms with Gasteiger partial charge in [-0.2, -0.15) is 0 Å². The van der Waals surface area contributed by atoms with Crippen LogP contribution in [0, 0.1) is 39.9 Å². The van der Waals surface area contributed by atoms with E-state index in [0.29, 0.717) is 11.3 Å². The van der Waals surface area contributed by atoms with Gasteiger partial charge in [-0.15, -0.1) is 0 Å². The number of carbonyl (C=O) groups is 1. The zero-order valence-corrected chi connectivity index (χ0v) is 16.6. The molecule has 2 heteroatoms. The first-order valence-electron chi connectivity index (χ1n) is 10.3. The van der Waals surface area contributed by atoms with Crippen molar-refractivity contribution in [2.75, 3.05) is 0 Å². The Kier molecular flexibility index (Phi) is 3.38. The summed E-state index contributed by atoms with van der Waals surface area (Å²) in [4.78, 5) is 13.1. The molecule has 0 aromatic carbocycles. The van der Waals surface area contributed by atoms with Crippen LogP contribution in [0.5, 0.6) is 0 Å². The molecule has 0 saturated heterocycles. The number of hydrogen-bond acceptors (Lipinski definition) is 2.